The zero-order valence-electron chi connectivity index (χ0n) is 8.04. The molecule has 0 bridgehead atoms. The number of halogens is 2. The Morgan fingerprint density at radius 3 is 2.80 bits per heavy atom. The van der Waals surface area contributed by atoms with Gasteiger partial charge in [0.15, 0.2) is 6.10 Å². The summed E-state index contributed by atoms with van der Waals surface area (Å²) in [6.45, 7) is 0. The van der Waals surface area contributed by atoms with Crippen molar-refractivity contribution in [3.8, 4) is 0 Å². The van der Waals surface area contributed by atoms with Gasteiger partial charge in [0.25, 0.3) is 0 Å². The Bertz CT molecular complexity index is 368. The number of hydrogen-bond donors (Lipinski definition) is 1. The Hall–Kier alpha value is -1.13. The number of carboxylic acids is 1. The molecular weight excluding hydrogens is 223 g/mol. The largest absolute Gasteiger partial charge is 0.479 e. The number of carboxylic acid groups (broad SMARTS) is 1. The van der Waals surface area contributed by atoms with E-state index in [1.54, 1.807) is 0 Å². The fraction of sp³-hybridized carbons (Fsp3) is 0.300. The van der Waals surface area contributed by atoms with E-state index in [1.165, 1.54) is 19.2 Å². The first kappa shape index (κ1) is 11.9. The topological polar surface area (TPSA) is 46.5 Å². The van der Waals surface area contributed by atoms with Gasteiger partial charge < -0.3 is 9.84 Å². The molecule has 3 nitrogen and oxygen atoms in total. The lowest BCUT2D eigenvalue weighted by Crippen LogP contribution is -2.24. The Kier molecular flexibility index (Phi) is 4.05. The highest BCUT2D eigenvalue weighted by molar-refractivity contribution is 6.31. The van der Waals surface area contributed by atoms with Crippen LogP contribution in [0.15, 0.2) is 18.2 Å². The Morgan fingerprint density at radius 1 is 1.67 bits per heavy atom. The van der Waals surface area contributed by atoms with Crippen molar-refractivity contribution in [1.82, 2.24) is 0 Å². The van der Waals surface area contributed by atoms with Gasteiger partial charge in [-0.15, -0.1) is 0 Å². The number of benzene rings is 1. The third kappa shape index (κ3) is 3.18. The molecule has 0 aliphatic heterocycles. The zero-order chi connectivity index (χ0) is 11.4. The number of hydrogen-bond acceptors (Lipinski definition) is 2. The second-order valence-corrected chi connectivity index (χ2v) is 3.41. The van der Waals surface area contributed by atoms with Crippen LogP contribution in [0, 0.1) is 5.82 Å². The summed E-state index contributed by atoms with van der Waals surface area (Å²) >= 11 is 5.75. The van der Waals surface area contributed by atoms with E-state index in [4.69, 9.17) is 21.4 Å². The Labute approximate surface area is 91.4 Å². The summed E-state index contributed by atoms with van der Waals surface area (Å²) in [7, 11) is 1.30. The smallest absolute Gasteiger partial charge is 0.333 e. The minimum absolute atomic E-state index is 0.116. The van der Waals surface area contributed by atoms with Crippen LogP contribution >= 0.6 is 11.6 Å². The molecule has 5 heteroatoms. The normalized spacial score (nSPS) is 12.5. The predicted molar refractivity (Wildman–Crippen MR) is 53.5 cm³/mol. The summed E-state index contributed by atoms with van der Waals surface area (Å²) in [5.74, 6) is -1.52. The van der Waals surface area contributed by atoms with E-state index >= 15 is 0 Å². The fourth-order valence-corrected chi connectivity index (χ4v) is 1.40. The Balaban J connectivity index is 2.84. The molecule has 15 heavy (non-hydrogen) atoms. The van der Waals surface area contributed by atoms with Gasteiger partial charge in [-0.3, -0.25) is 0 Å². The maximum Gasteiger partial charge on any atom is 0.333 e. The highest BCUT2D eigenvalue weighted by atomic mass is 35.5. The van der Waals surface area contributed by atoms with E-state index in [2.05, 4.69) is 0 Å². The summed E-state index contributed by atoms with van der Waals surface area (Å²) in [5, 5.41) is 8.94. The molecule has 0 saturated heterocycles. The van der Waals surface area contributed by atoms with Crippen LogP contribution in [-0.2, 0) is 16.0 Å². The second kappa shape index (κ2) is 5.09. The summed E-state index contributed by atoms with van der Waals surface area (Å²) < 4.78 is 17.4. The van der Waals surface area contributed by atoms with E-state index in [-0.39, 0.29) is 11.4 Å². The number of aliphatic carboxylic acids is 1. The summed E-state index contributed by atoms with van der Waals surface area (Å²) in [4.78, 5) is 10.7. The first-order valence-corrected chi connectivity index (χ1v) is 4.62. The van der Waals surface area contributed by atoms with Crippen LogP contribution in [0.25, 0.3) is 0 Å². The molecule has 0 saturated carbocycles. The van der Waals surface area contributed by atoms with Crippen LogP contribution < -0.4 is 0 Å². The van der Waals surface area contributed by atoms with E-state index in [0.29, 0.717) is 5.56 Å². The van der Waals surface area contributed by atoms with Gasteiger partial charge in [0.1, 0.15) is 5.82 Å². The van der Waals surface area contributed by atoms with Crippen LogP contribution in [0.3, 0.4) is 0 Å². The fourth-order valence-electron chi connectivity index (χ4n) is 1.16. The molecule has 0 fully saturated rings. The lowest BCUT2D eigenvalue weighted by Gasteiger charge is -2.11. The van der Waals surface area contributed by atoms with Crippen LogP contribution in [0.2, 0.25) is 5.02 Å². The lowest BCUT2D eigenvalue weighted by atomic mass is 10.1. The number of carbonyl (C=O) groups is 1. The highest BCUT2D eigenvalue weighted by Gasteiger charge is 2.18. The van der Waals surface area contributed by atoms with Crippen molar-refractivity contribution in [2.45, 2.75) is 12.5 Å². The third-order valence-electron chi connectivity index (χ3n) is 1.98. The van der Waals surface area contributed by atoms with E-state index in [1.807, 2.05) is 0 Å². The molecule has 0 radical (unpaired) electrons. The van der Waals surface area contributed by atoms with Crippen LogP contribution in [0.1, 0.15) is 5.56 Å². The van der Waals surface area contributed by atoms with E-state index in [9.17, 15) is 9.18 Å². The first-order valence-electron chi connectivity index (χ1n) is 4.24. The van der Waals surface area contributed by atoms with Crippen molar-refractivity contribution in [2.24, 2.45) is 0 Å². The van der Waals surface area contributed by atoms with Crippen LogP contribution in [0.4, 0.5) is 4.39 Å². The molecule has 1 aromatic carbocycles. The molecule has 0 aromatic heterocycles. The molecule has 0 heterocycles. The standard InChI is InChI=1S/C10H10ClFO3/c1-15-9(10(13)14)4-6-2-3-7(12)5-8(6)11/h2-3,5,9H,4H2,1H3,(H,13,14). The SMILES string of the molecule is COC(Cc1ccc(F)cc1Cl)C(=O)O. The molecule has 0 amide bonds. The molecule has 0 spiro atoms. The van der Waals surface area contributed by atoms with E-state index < -0.39 is 17.9 Å². The van der Waals surface area contributed by atoms with Crippen molar-refractivity contribution in [2.75, 3.05) is 7.11 Å². The van der Waals surface area contributed by atoms with Gasteiger partial charge in [0.05, 0.1) is 0 Å². The first-order chi connectivity index (χ1) is 7.04. The van der Waals surface area contributed by atoms with Crippen molar-refractivity contribution in [3.05, 3.63) is 34.6 Å². The minimum Gasteiger partial charge on any atom is -0.479 e. The van der Waals surface area contributed by atoms with Crippen LogP contribution in [0.5, 0.6) is 0 Å². The van der Waals surface area contributed by atoms with Gasteiger partial charge in [-0.2, -0.15) is 0 Å². The van der Waals surface area contributed by atoms with Crippen molar-refractivity contribution in [1.29, 1.82) is 0 Å². The molecule has 1 N–H and O–H groups in total. The molecule has 0 aliphatic carbocycles. The molecule has 1 unspecified atom stereocenters. The lowest BCUT2D eigenvalue weighted by molar-refractivity contribution is -0.148. The van der Waals surface area contributed by atoms with Gasteiger partial charge in [0.2, 0.25) is 0 Å². The van der Waals surface area contributed by atoms with Gasteiger partial charge in [0, 0.05) is 18.6 Å². The maximum absolute atomic E-state index is 12.7. The molecular formula is C10H10ClFO3. The molecule has 82 valence electrons. The Morgan fingerprint density at radius 2 is 2.33 bits per heavy atom. The van der Waals surface area contributed by atoms with Crippen LogP contribution in [-0.4, -0.2) is 24.3 Å². The van der Waals surface area contributed by atoms with Crippen molar-refractivity contribution >= 4 is 17.6 Å². The zero-order valence-corrected chi connectivity index (χ0v) is 8.79. The van der Waals surface area contributed by atoms with Gasteiger partial charge in [-0.25, -0.2) is 9.18 Å². The van der Waals surface area contributed by atoms with Crippen molar-refractivity contribution < 1.29 is 19.0 Å². The van der Waals surface area contributed by atoms with Crippen molar-refractivity contribution in [3.63, 3.8) is 0 Å². The van der Waals surface area contributed by atoms with Gasteiger partial charge in [-0.1, -0.05) is 17.7 Å². The molecule has 1 aromatic rings. The van der Waals surface area contributed by atoms with E-state index in [0.717, 1.165) is 6.07 Å². The average Bonchev–Trinajstić information content (AvgIpc) is 2.16. The molecule has 1 atom stereocenters. The number of rotatable bonds is 4. The summed E-state index contributed by atoms with van der Waals surface area (Å²) in [6.07, 6.45) is -0.849. The predicted octanol–water partition coefficient (Wildman–Crippen LogP) is 2.12. The highest BCUT2D eigenvalue weighted by Crippen LogP contribution is 2.19. The quantitative estimate of drug-likeness (QED) is 0.865. The summed E-state index contributed by atoms with van der Waals surface area (Å²) in [5.41, 5.74) is 0.548. The summed E-state index contributed by atoms with van der Waals surface area (Å²) in [6, 6.07) is 3.83. The molecule has 1 rings (SSSR count). The molecule has 0 aliphatic rings. The maximum atomic E-state index is 12.7. The second-order valence-electron chi connectivity index (χ2n) is 3.00. The average molecular weight is 233 g/mol. The van der Waals surface area contributed by atoms with Gasteiger partial charge >= 0.3 is 5.97 Å². The van der Waals surface area contributed by atoms with Gasteiger partial charge in [-0.05, 0) is 17.7 Å². The third-order valence-corrected chi connectivity index (χ3v) is 2.33. The number of ether oxygens (including phenoxy) is 1. The minimum atomic E-state index is -1.07. The number of methoxy groups -OCH3 is 1. The monoisotopic (exact) mass is 232 g/mol.